The van der Waals surface area contributed by atoms with E-state index in [2.05, 4.69) is 5.32 Å². The molecule has 0 aliphatic rings. The second-order valence-corrected chi connectivity index (χ2v) is 5.61. The number of hydrogen-bond acceptors (Lipinski definition) is 3. The van der Waals surface area contributed by atoms with Crippen molar-refractivity contribution in [1.82, 2.24) is 5.32 Å². The van der Waals surface area contributed by atoms with Gasteiger partial charge in [0.2, 0.25) is 0 Å². The third-order valence-corrected chi connectivity index (χ3v) is 2.47. The number of aldehydes is 1. The summed E-state index contributed by atoms with van der Waals surface area (Å²) in [7, 11) is 0. The zero-order chi connectivity index (χ0) is 15.2. The van der Waals surface area contributed by atoms with E-state index in [4.69, 9.17) is 16.3 Å². The molecule has 0 fully saturated rings. The van der Waals surface area contributed by atoms with E-state index in [0.29, 0.717) is 22.7 Å². The Labute approximate surface area is 123 Å². The van der Waals surface area contributed by atoms with Crippen LogP contribution >= 0.6 is 11.6 Å². The van der Waals surface area contributed by atoms with Crippen LogP contribution in [0.2, 0.25) is 5.02 Å². The van der Waals surface area contributed by atoms with Crippen LogP contribution in [0.5, 0.6) is 0 Å². The fourth-order valence-corrected chi connectivity index (χ4v) is 1.62. The monoisotopic (exact) mass is 295 g/mol. The standard InChI is InChI=1S/C15H18ClNO3/c1-15(2,3)20-14(19)17-8-4-5-11-9-13(16)7-6-12(11)10-18/h4-7,9-10H,8H2,1-3H3,(H,17,19). The Morgan fingerprint density at radius 1 is 1.35 bits per heavy atom. The van der Waals surface area contributed by atoms with Gasteiger partial charge in [0.1, 0.15) is 5.60 Å². The van der Waals surface area contributed by atoms with Gasteiger partial charge in [-0.3, -0.25) is 4.79 Å². The van der Waals surface area contributed by atoms with Crippen LogP contribution in [0.25, 0.3) is 6.08 Å². The van der Waals surface area contributed by atoms with Gasteiger partial charge < -0.3 is 10.1 Å². The van der Waals surface area contributed by atoms with Crippen LogP contribution in [-0.4, -0.2) is 24.5 Å². The Balaban J connectivity index is 2.55. The largest absolute Gasteiger partial charge is 0.444 e. The summed E-state index contributed by atoms with van der Waals surface area (Å²) in [6.07, 6.45) is 3.73. The molecule has 1 aromatic rings. The number of benzene rings is 1. The molecule has 0 unspecified atom stereocenters. The first-order valence-corrected chi connectivity index (χ1v) is 6.58. The molecule has 0 radical (unpaired) electrons. The summed E-state index contributed by atoms with van der Waals surface area (Å²) in [4.78, 5) is 22.3. The van der Waals surface area contributed by atoms with Gasteiger partial charge >= 0.3 is 6.09 Å². The Morgan fingerprint density at radius 3 is 2.65 bits per heavy atom. The molecule has 0 heterocycles. The third kappa shape index (κ3) is 5.89. The van der Waals surface area contributed by atoms with Gasteiger partial charge in [-0.15, -0.1) is 0 Å². The number of alkyl carbamates (subject to hydrolysis) is 1. The summed E-state index contributed by atoms with van der Waals surface area (Å²) in [6, 6.07) is 4.99. The van der Waals surface area contributed by atoms with Crippen LogP contribution in [0.3, 0.4) is 0 Å². The average molecular weight is 296 g/mol. The molecule has 108 valence electrons. The van der Waals surface area contributed by atoms with E-state index in [9.17, 15) is 9.59 Å². The molecule has 0 saturated heterocycles. The second-order valence-electron chi connectivity index (χ2n) is 5.18. The summed E-state index contributed by atoms with van der Waals surface area (Å²) in [5, 5.41) is 3.14. The van der Waals surface area contributed by atoms with E-state index in [1.165, 1.54) is 0 Å². The molecule has 1 aromatic carbocycles. The number of amides is 1. The van der Waals surface area contributed by atoms with Crippen molar-refractivity contribution in [3.8, 4) is 0 Å². The van der Waals surface area contributed by atoms with Crippen LogP contribution < -0.4 is 5.32 Å². The van der Waals surface area contributed by atoms with Crippen LogP contribution in [0, 0.1) is 0 Å². The molecular weight excluding hydrogens is 278 g/mol. The molecule has 0 aliphatic carbocycles. The number of ether oxygens (including phenoxy) is 1. The second kappa shape index (κ2) is 7.10. The zero-order valence-corrected chi connectivity index (χ0v) is 12.5. The van der Waals surface area contributed by atoms with Crippen molar-refractivity contribution in [2.24, 2.45) is 0 Å². The SMILES string of the molecule is CC(C)(C)OC(=O)NCC=Cc1cc(Cl)ccc1C=O. The summed E-state index contributed by atoms with van der Waals surface area (Å²) in [6.45, 7) is 5.69. The quantitative estimate of drug-likeness (QED) is 0.862. The number of hydrogen-bond donors (Lipinski definition) is 1. The molecule has 4 nitrogen and oxygen atoms in total. The van der Waals surface area contributed by atoms with Gasteiger partial charge in [-0.25, -0.2) is 4.79 Å². The number of nitrogens with one attached hydrogen (secondary N) is 1. The topological polar surface area (TPSA) is 55.4 Å². The van der Waals surface area contributed by atoms with E-state index < -0.39 is 11.7 Å². The van der Waals surface area contributed by atoms with Crippen LogP contribution in [-0.2, 0) is 4.74 Å². The molecular formula is C15H18ClNO3. The maximum atomic E-state index is 11.4. The first kappa shape index (κ1) is 16.2. The lowest BCUT2D eigenvalue weighted by Crippen LogP contribution is -2.32. The fourth-order valence-electron chi connectivity index (χ4n) is 1.44. The van der Waals surface area contributed by atoms with Gasteiger partial charge in [0.15, 0.2) is 6.29 Å². The molecule has 0 bridgehead atoms. The Hall–Kier alpha value is -1.81. The molecule has 0 aliphatic heterocycles. The number of rotatable bonds is 4. The highest BCUT2D eigenvalue weighted by atomic mass is 35.5. The molecule has 0 aromatic heterocycles. The van der Waals surface area contributed by atoms with Crippen molar-refractivity contribution in [1.29, 1.82) is 0 Å². The summed E-state index contributed by atoms with van der Waals surface area (Å²) in [5.74, 6) is 0. The highest BCUT2D eigenvalue weighted by Crippen LogP contribution is 2.16. The molecule has 5 heteroatoms. The van der Waals surface area contributed by atoms with Gasteiger partial charge in [-0.05, 0) is 44.5 Å². The van der Waals surface area contributed by atoms with Gasteiger partial charge in [0.25, 0.3) is 0 Å². The summed E-state index contributed by atoms with van der Waals surface area (Å²) < 4.78 is 5.09. The Kier molecular flexibility index (Phi) is 5.77. The predicted molar refractivity (Wildman–Crippen MR) is 80.1 cm³/mol. The molecule has 0 spiro atoms. The number of carbonyl (C=O) groups excluding carboxylic acids is 2. The van der Waals surface area contributed by atoms with E-state index >= 15 is 0 Å². The normalized spacial score (nSPS) is 11.4. The van der Waals surface area contributed by atoms with Crippen LogP contribution in [0.1, 0.15) is 36.7 Å². The first-order valence-electron chi connectivity index (χ1n) is 6.20. The minimum absolute atomic E-state index is 0.305. The van der Waals surface area contributed by atoms with Gasteiger partial charge in [-0.2, -0.15) is 0 Å². The lowest BCUT2D eigenvalue weighted by molar-refractivity contribution is 0.0534. The van der Waals surface area contributed by atoms with E-state index in [-0.39, 0.29) is 0 Å². The smallest absolute Gasteiger partial charge is 0.407 e. The maximum absolute atomic E-state index is 11.4. The molecule has 1 amide bonds. The van der Waals surface area contributed by atoms with Crippen LogP contribution in [0.4, 0.5) is 4.79 Å². The number of halogens is 1. The van der Waals surface area contributed by atoms with Crippen molar-refractivity contribution in [2.45, 2.75) is 26.4 Å². The highest BCUT2D eigenvalue weighted by Gasteiger charge is 2.14. The van der Waals surface area contributed by atoms with Crippen molar-refractivity contribution < 1.29 is 14.3 Å². The first-order chi connectivity index (χ1) is 9.31. The Bertz CT molecular complexity index is 518. The highest BCUT2D eigenvalue weighted by molar-refractivity contribution is 6.30. The third-order valence-electron chi connectivity index (χ3n) is 2.24. The van der Waals surface area contributed by atoms with Gasteiger partial charge in [-0.1, -0.05) is 23.8 Å². The molecule has 1 N–H and O–H groups in total. The maximum Gasteiger partial charge on any atom is 0.407 e. The van der Waals surface area contributed by atoms with Gasteiger partial charge in [0.05, 0.1) is 0 Å². The lowest BCUT2D eigenvalue weighted by Gasteiger charge is -2.19. The fraction of sp³-hybridized carbons (Fsp3) is 0.333. The molecule has 20 heavy (non-hydrogen) atoms. The average Bonchev–Trinajstić information content (AvgIpc) is 2.33. The lowest BCUT2D eigenvalue weighted by atomic mass is 10.1. The van der Waals surface area contributed by atoms with E-state index in [1.807, 2.05) is 0 Å². The molecule has 0 saturated carbocycles. The number of carbonyl (C=O) groups is 2. The van der Waals surface area contributed by atoms with Gasteiger partial charge in [0, 0.05) is 17.1 Å². The minimum Gasteiger partial charge on any atom is -0.444 e. The minimum atomic E-state index is -0.522. The van der Waals surface area contributed by atoms with Crippen molar-refractivity contribution in [3.05, 3.63) is 40.4 Å². The van der Waals surface area contributed by atoms with Crippen LogP contribution in [0.15, 0.2) is 24.3 Å². The summed E-state index contributed by atoms with van der Waals surface area (Å²) in [5.41, 5.74) is 0.729. The molecule has 0 atom stereocenters. The Morgan fingerprint density at radius 2 is 2.05 bits per heavy atom. The summed E-state index contributed by atoms with van der Waals surface area (Å²) >= 11 is 5.87. The van der Waals surface area contributed by atoms with Crippen molar-refractivity contribution in [2.75, 3.05) is 6.54 Å². The predicted octanol–water partition coefficient (Wildman–Crippen LogP) is 3.69. The van der Waals surface area contributed by atoms with Crippen molar-refractivity contribution >= 4 is 30.1 Å². The van der Waals surface area contributed by atoms with E-state index in [1.54, 1.807) is 51.1 Å². The zero-order valence-electron chi connectivity index (χ0n) is 11.8. The molecule has 1 rings (SSSR count). The van der Waals surface area contributed by atoms with E-state index in [0.717, 1.165) is 6.29 Å². The van der Waals surface area contributed by atoms with Crippen molar-refractivity contribution in [3.63, 3.8) is 0 Å².